The molecule has 1 unspecified atom stereocenters. The lowest BCUT2D eigenvalue weighted by atomic mass is 9.97. The number of anilines is 1. The molecule has 0 N–H and O–H groups in total. The van der Waals surface area contributed by atoms with Gasteiger partial charge in [-0.25, -0.2) is 4.79 Å². The molecule has 1 fully saturated rings. The van der Waals surface area contributed by atoms with Gasteiger partial charge in [-0.1, -0.05) is 18.2 Å². The molecule has 1 atom stereocenters. The SMILES string of the molecule is CC(C)N(CC1CCCN(CC(=O)N2CCc3ccccc32)C1)C(=O)OC(C)(C)C. The summed E-state index contributed by atoms with van der Waals surface area (Å²) in [6, 6.07) is 8.26. The number of carbonyl (C=O) groups is 2. The van der Waals surface area contributed by atoms with Crippen LogP contribution in [0.5, 0.6) is 0 Å². The summed E-state index contributed by atoms with van der Waals surface area (Å²) in [5.74, 6) is 0.529. The van der Waals surface area contributed by atoms with Crippen molar-refractivity contribution in [1.29, 1.82) is 0 Å². The van der Waals surface area contributed by atoms with Crippen LogP contribution in [0.25, 0.3) is 0 Å². The summed E-state index contributed by atoms with van der Waals surface area (Å²) in [5.41, 5.74) is 1.82. The molecule has 6 nitrogen and oxygen atoms in total. The van der Waals surface area contributed by atoms with Crippen molar-refractivity contribution in [2.45, 2.75) is 65.5 Å². The van der Waals surface area contributed by atoms with Gasteiger partial charge in [-0.15, -0.1) is 0 Å². The first kappa shape index (κ1) is 22.6. The van der Waals surface area contributed by atoms with Gasteiger partial charge in [0.25, 0.3) is 0 Å². The largest absolute Gasteiger partial charge is 0.444 e. The molecule has 2 aliphatic rings. The normalized spacial score (nSPS) is 19.7. The topological polar surface area (TPSA) is 53.1 Å². The summed E-state index contributed by atoms with van der Waals surface area (Å²) in [4.78, 5) is 31.6. The Morgan fingerprint density at radius 3 is 2.63 bits per heavy atom. The molecule has 30 heavy (non-hydrogen) atoms. The Morgan fingerprint density at radius 1 is 1.20 bits per heavy atom. The maximum Gasteiger partial charge on any atom is 0.410 e. The molecule has 1 aromatic rings. The van der Waals surface area contributed by atoms with Crippen molar-refractivity contribution in [3.05, 3.63) is 29.8 Å². The van der Waals surface area contributed by atoms with Gasteiger partial charge >= 0.3 is 6.09 Å². The Bertz CT molecular complexity index is 756. The van der Waals surface area contributed by atoms with Crippen molar-refractivity contribution < 1.29 is 14.3 Å². The maximum atomic E-state index is 13.0. The third-order valence-corrected chi connectivity index (χ3v) is 5.86. The van der Waals surface area contributed by atoms with Crippen LogP contribution < -0.4 is 4.90 Å². The quantitative estimate of drug-likeness (QED) is 0.731. The van der Waals surface area contributed by atoms with E-state index in [1.54, 1.807) is 0 Å². The van der Waals surface area contributed by atoms with Gasteiger partial charge in [0.1, 0.15) is 5.60 Å². The van der Waals surface area contributed by atoms with Crippen LogP contribution in [0.15, 0.2) is 24.3 Å². The van der Waals surface area contributed by atoms with E-state index in [9.17, 15) is 9.59 Å². The lowest BCUT2D eigenvalue weighted by Crippen LogP contribution is -2.49. The second kappa shape index (κ2) is 9.38. The van der Waals surface area contributed by atoms with Gasteiger partial charge in [0.15, 0.2) is 0 Å². The molecule has 2 amide bonds. The zero-order valence-corrected chi connectivity index (χ0v) is 19.2. The molecular weight excluding hydrogens is 378 g/mol. The first-order valence-corrected chi connectivity index (χ1v) is 11.2. The fourth-order valence-corrected chi connectivity index (χ4v) is 4.41. The Hall–Kier alpha value is -2.08. The fourth-order valence-electron chi connectivity index (χ4n) is 4.41. The molecule has 0 saturated carbocycles. The highest BCUT2D eigenvalue weighted by Gasteiger charge is 2.31. The first-order chi connectivity index (χ1) is 14.1. The number of nitrogens with zero attached hydrogens (tertiary/aromatic N) is 3. The molecule has 1 saturated heterocycles. The molecule has 6 heteroatoms. The number of hydrogen-bond acceptors (Lipinski definition) is 4. The standard InChI is InChI=1S/C24H37N3O3/c1-18(2)27(23(29)30-24(3,4)5)16-19-9-8-13-25(15-19)17-22(28)26-14-12-20-10-6-7-11-21(20)26/h6-7,10-11,18-19H,8-9,12-17H2,1-5H3. The third kappa shape index (κ3) is 5.75. The van der Waals surface area contributed by atoms with Crippen molar-refractivity contribution in [1.82, 2.24) is 9.80 Å². The Kier molecular flexibility index (Phi) is 7.06. The number of likely N-dealkylation sites (tertiary alicyclic amines) is 1. The number of para-hydroxylation sites is 1. The summed E-state index contributed by atoms with van der Waals surface area (Å²) in [5, 5.41) is 0. The Morgan fingerprint density at radius 2 is 1.93 bits per heavy atom. The van der Waals surface area contributed by atoms with E-state index in [0.717, 1.165) is 44.6 Å². The van der Waals surface area contributed by atoms with Crippen LogP contribution in [0.2, 0.25) is 0 Å². The van der Waals surface area contributed by atoms with Gasteiger partial charge in [-0.2, -0.15) is 0 Å². The van der Waals surface area contributed by atoms with Crippen LogP contribution in [-0.2, 0) is 16.0 Å². The van der Waals surface area contributed by atoms with E-state index in [1.807, 2.05) is 62.6 Å². The Labute approximate surface area is 181 Å². The molecule has 3 rings (SSSR count). The molecular formula is C24H37N3O3. The second-order valence-electron chi connectivity index (χ2n) is 9.89. The van der Waals surface area contributed by atoms with Crippen LogP contribution in [0.4, 0.5) is 10.5 Å². The number of amides is 2. The van der Waals surface area contributed by atoms with Crippen molar-refractivity contribution in [3.8, 4) is 0 Å². The minimum atomic E-state index is -0.499. The predicted molar refractivity (Wildman–Crippen MR) is 120 cm³/mol. The Balaban J connectivity index is 1.57. The monoisotopic (exact) mass is 415 g/mol. The summed E-state index contributed by atoms with van der Waals surface area (Å²) in [6.45, 7) is 13.4. The average molecular weight is 416 g/mol. The molecule has 1 aromatic carbocycles. The molecule has 2 aliphatic heterocycles. The minimum absolute atomic E-state index is 0.0814. The van der Waals surface area contributed by atoms with Gasteiger partial charge in [0.05, 0.1) is 6.54 Å². The van der Waals surface area contributed by atoms with Gasteiger partial charge in [0, 0.05) is 31.4 Å². The second-order valence-corrected chi connectivity index (χ2v) is 9.89. The molecule has 2 heterocycles. The van der Waals surface area contributed by atoms with E-state index in [0.29, 0.717) is 19.0 Å². The van der Waals surface area contributed by atoms with Crippen molar-refractivity contribution in [3.63, 3.8) is 0 Å². The van der Waals surface area contributed by atoms with Crippen LogP contribution in [-0.4, -0.2) is 66.2 Å². The number of piperidine rings is 1. The molecule has 0 aliphatic carbocycles. The van der Waals surface area contributed by atoms with E-state index in [2.05, 4.69) is 11.0 Å². The van der Waals surface area contributed by atoms with Crippen molar-refractivity contribution in [2.75, 3.05) is 37.6 Å². The first-order valence-electron chi connectivity index (χ1n) is 11.2. The van der Waals surface area contributed by atoms with Crippen LogP contribution in [0.1, 0.15) is 53.0 Å². The van der Waals surface area contributed by atoms with Gasteiger partial charge in [-0.05, 0) is 78.0 Å². The maximum absolute atomic E-state index is 13.0. The molecule has 0 bridgehead atoms. The fraction of sp³-hybridized carbons (Fsp3) is 0.667. The number of fused-ring (bicyclic) bond motifs is 1. The van der Waals surface area contributed by atoms with E-state index in [-0.39, 0.29) is 18.0 Å². The molecule has 0 spiro atoms. The van der Waals surface area contributed by atoms with Gasteiger partial charge < -0.3 is 14.5 Å². The molecule has 166 valence electrons. The van der Waals surface area contributed by atoms with Gasteiger partial charge in [0.2, 0.25) is 5.91 Å². The highest BCUT2D eigenvalue weighted by molar-refractivity contribution is 5.96. The highest BCUT2D eigenvalue weighted by atomic mass is 16.6. The van der Waals surface area contributed by atoms with E-state index in [4.69, 9.17) is 4.74 Å². The lowest BCUT2D eigenvalue weighted by molar-refractivity contribution is -0.120. The van der Waals surface area contributed by atoms with Gasteiger partial charge in [-0.3, -0.25) is 9.69 Å². The minimum Gasteiger partial charge on any atom is -0.444 e. The summed E-state index contributed by atoms with van der Waals surface area (Å²) in [6.07, 6.45) is 2.81. The number of hydrogen-bond donors (Lipinski definition) is 0. The number of rotatable bonds is 5. The molecule has 0 aromatic heterocycles. The van der Waals surface area contributed by atoms with E-state index in [1.165, 1.54) is 5.56 Å². The smallest absolute Gasteiger partial charge is 0.410 e. The van der Waals surface area contributed by atoms with E-state index < -0.39 is 5.60 Å². The zero-order valence-electron chi connectivity index (χ0n) is 19.2. The highest BCUT2D eigenvalue weighted by Crippen LogP contribution is 2.28. The third-order valence-electron chi connectivity index (χ3n) is 5.86. The summed E-state index contributed by atoms with van der Waals surface area (Å²) in [7, 11) is 0. The summed E-state index contributed by atoms with van der Waals surface area (Å²) < 4.78 is 5.61. The number of carbonyl (C=O) groups excluding carboxylic acids is 2. The van der Waals surface area contributed by atoms with Crippen molar-refractivity contribution in [2.24, 2.45) is 5.92 Å². The zero-order chi connectivity index (χ0) is 21.9. The lowest BCUT2D eigenvalue weighted by Gasteiger charge is -2.37. The van der Waals surface area contributed by atoms with E-state index >= 15 is 0 Å². The number of ether oxygens (including phenoxy) is 1. The predicted octanol–water partition coefficient (Wildman–Crippen LogP) is 3.93. The van der Waals surface area contributed by atoms with Crippen molar-refractivity contribution >= 4 is 17.7 Å². The average Bonchev–Trinajstić information content (AvgIpc) is 3.09. The summed E-state index contributed by atoms with van der Waals surface area (Å²) >= 11 is 0. The van der Waals surface area contributed by atoms with Crippen LogP contribution >= 0.6 is 0 Å². The molecule has 0 radical (unpaired) electrons. The van der Waals surface area contributed by atoms with Crippen LogP contribution in [0.3, 0.4) is 0 Å². The van der Waals surface area contributed by atoms with Crippen LogP contribution in [0, 0.1) is 5.92 Å². The number of benzene rings is 1.